The van der Waals surface area contributed by atoms with Crippen LogP contribution in [-0.4, -0.2) is 15.0 Å². The van der Waals surface area contributed by atoms with Gasteiger partial charge < -0.3 is 10.7 Å². The first-order chi connectivity index (χ1) is 6.83. The van der Waals surface area contributed by atoms with E-state index >= 15 is 0 Å². The zero-order chi connectivity index (χ0) is 9.97. The fourth-order valence-electron chi connectivity index (χ4n) is 1.44. The third-order valence-electron chi connectivity index (χ3n) is 2.20. The Morgan fingerprint density at radius 3 is 3.00 bits per heavy atom. The molecule has 4 nitrogen and oxygen atoms in total. The number of anilines is 1. The van der Waals surface area contributed by atoms with Gasteiger partial charge in [-0.05, 0) is 12.5 Å². The standard InChI is InChI=1S/C10H12N4/c1-2-8-10(11)7(3-4-13-8)9-5-12-6-14-9/h3-6H,2,11H2,1H3,(H,12,14). The first-order valence-electron chi connectivity index (χ1n) is 4.55. The number of imidazole rings is 1. The molecule has 2 aromatic rings. The molecule has 0 bridgehead atoms. The first-order valence-corrected chi connectivity index (χ1v) is 4.55. The lowest BCUT2D eigenvalue weighted by Gasteiger charge is -2.06. The van der Waals surface area contributed by atoms with Crippen LogP contribution in [0.5, 0.6) is 0 Å². The molecule has 0 amide bonds. The van der Waals surface area contributed by atoms with Crippen molar-refractivity contribution < 1.29 is 0 Å². The predicted molar refractivity (Wildman–Crippen MR) is 55.6 cm³/mol. The summed E-state index contributed by atoms with van der Waals surface area (Å²) in [5.74, 6) is 0. The molecule has 0 atom stereocenters. The maximum absolute atomic E-state index is 5.97. The molecule has 72 valence electrons. The average molecular weight is 188 g/mol. The molecule has 3 N–H and O–H groups in total. The molecule has 0 aliphatic rings. The number of H-pyrrole nitrogens is 1. The normalized spacial score (nSPS) is 10.4. The van der Waals surface area contributed by atoms with E-state index in [1.165, 1.54) is 0 Å². The fourth-order valence-corrected chi connectivity index (χ4v) is 1.44. The Kier molecular flexibility index (Phi) is 2.18. The van der Waals surface area contributed by atoms with Crippen molar-refractivity contribution in [2.75, 3.05) is 5.73 Å². The SMILES string of the molecule is CCc1nccc(-c2cnc[nH]2)c1N. The molecule has 0 fully saturated rings. The van der Waals surface area contributed by atoms with E-state index in [0.717, 1.165) is 29.1 Å². The molecule has 2 heterocycles. The molecule has 0 aliphatic carbocycles. The Labute approximate surface area is 82.2 Å². The molecule has 14 heavy (non-hydrogen) atoms. The van der Waals surface area contributed by atoms with Gasteiger partial charge >= 0.3 is 0 Å². The highest BCUT2D eigenvalue weighted by molar-refractivity contribution is 5.74. The number of nitrogens with one attached hydrogen (secondary N) is 1. The second-order valence-electron chi connectivity index (χ2n) is 3.04. The third kappa shape index (κ3) is 1.35. The molecule has 0 unspecified atom stereocenters. The van der Waals surface area contributed by atoms with Crippen LogP contribution in [0.2, 0.25) is 0 Å². The van der Waals surface area contributed by atoms with Crippen molar-refractivity contribution in [1.82, 2.24) is 15.0 Å². The molecule has 0 radical (unpaired) electrons. The fraction of sp³-hybridized carbons (Fsp3) is 0.200. The maximum atomic E-state index is 5.97. The molecule has 2 rings (SSSR count). The van der Waals surface area contributed by atoms with Crippen LogP contribution in [0.3, 0.4) is 0 Å². The summed E-state index contributed by atoms with van der Waals surface area (Å²) < 4.78 is 0. The summed E-state index contributed by atoms with van der Waals surface area (Å²) in [6, 6.07) is 1.89. The van der Waals surface area contributed by atoms with E-state index in [9.17, 15) is 0 Å². The lowest BCUT2D eigenvalue weighted by molar-refractivity contribution is 1.04. The number of hydrogen-bond acceptors (Lipinski definition) is 3. The Morgan fingerprint density at radius 1 is 1.50 bits per heavy atom. The van der Waals surface area contributed by atoms with Crippen molar-refractivity contribution in [2.24, 2.45) is 0 Å². The maximum Gasteiger partial charge on any atom is 0.0924 e. The van der Waals surface area contributed by atoms with Gasteiger partial charge in [-0.15, -0.1) is 0 Å². The zero-order valence-corrected chi connectivity index (χ0v) is 7.99. The second kappa shape index (κ2) is 3.49. The van der Waals surface area contributed by atoms with Gasteiger partial charge in [-0.1, -0.05) is 6.92 Å². The summed E-state index contributed by atoms with van der Waals surface area (Å²) in [5, 5.41) is 0. The summed E-state index contributed by atoms with van der Waals surface area (Å²) in [6.45, 7) is 2.04. The van der Waals surface area contributed by atoms with Gasteiger partial charge in [0.15, 0.2) is 0 Å². The van der Waals surface area contributed by atoms with Gasteiger partial charge in [0.2, 0.25) is 0 Å². The number of aromatic amines is 1. The number of hydrogen-bond donors (Lipinski definition) is 2. The molecular weight excluding hydrogens is 176 g/mol. The van der Waals surface area contributed by atoms with Crippen LogP contribution < -0.4 is 5.73 Å². The van der Waals surface area contributed by atoms with Crippen LogP contribution in [0.25, 0.3) is 11.3 Å². The van der Waals surface area contributed by atoms with E-state index in [2.05, 4.69) is 15.0 Å². The van der Waals surface area contributed by atoms with Crippen molar-refractivity contribution >= 4 is 5.69 Å². The van der Waals surface area contributed by atoms with E-state index in [0.29, 0.717) is 0 Å². The molecule has 0 aromatic carbocycles. The number of nitrogens with zero attached hydrogens (tertiary/aromatic N) is 2. The van der Waals surface area contributed by atoms with Crippen LogP contribution in [0.1, 0.15) is 12.6 Å². The lowest BCUT2D eigenvalue weighted by Crippen LogP contribution is -1.98. The van der Waals surface area contributed by atoms with Gasteiger partial charge in [0.05, 0.1) is 29.6 Å². The van der Waals surface area contributed by atoms with Gasteiger partial charge in [0.1, 0.15) is 0 Å². The van der Waals surface area contributed by atoms with E-state index < -0.39 is 0 Å². The summed E-state index contributed by atoms with van der Waals surface area (Å²) in [6.07, 6.45) is 6.01. The summed E-state index contributed by atoms with van der Waals surface area (Å²) in [5.41, 5.74) is 9.54. The minimum atomic E-state index is 0.735. The number of aryl methyl sites for hydroxylation is 1. The van der Waals surface area contributed by atoms with E-state index in [-0.39, 0.29) is 0 Å². The number of aromatic nitrogens is 3. The highest BCUT2D eigenvalue weighted by atomic mass is 14.9. The predicted octanol–water partition coefficient (Wildman–Crippen LogP) is 1.62. The Balaban J connectivity index is 2.54. The summed E-state index contributed by atoms with van der Waals surface area (Å²) in [4.78, 5) is 11.2. The van der Waals surface area contributed by atoms with Crippen molar-refractivity contribution in [2.45, 2.75) is 13.3 Å². The average Bonchev–Trinajstić information content (AvgIpc) is 2.71. The van der Waals surface area contributed by atoms with Crippen molar-refractivity contribution in [3.8, 4) is 11.3 Å². The van der Waals surface area contributed by atoms with Crippen LogP contribution in [0, 0.1) is 0 Å². The highest BCUT2D eigenvalue weighted by Gasteiger charge is 2.07. The minimum Gasteiger partial charge on any atom is -0.397 e. The molecule has 0 aliphatic heterocycles. The topological polar surface area (TPSA) is 67.6 Å². The smallest absolute Gasteiger partial charge is 0.0924 e. The number of rotatable bonds is 2. The number of nitrogen functional groups attached to an aromatic ring is 1. The largest absolute Gasteiger partial charge is 0.397 e. The quantitative estimate of drug-likeness (QED) is 0.752. The third-order valence-corrected chi connectivity index (χ3v) is 2.20. The molecule has 4 heteroatoms. The van der Waals surface area contributed by atoms with E-state index in [4.69, 9.17) is 5.73 Å². The lowest BCUT2D eigenvalue weighted by atomic mass is 10.1. The molecule has 2 aromatic heterocycles. The van der Waals surface area contributed by atoms with Crippen molar-refractivity contribution in [1.29, 1.82) is 0 Å². The van der Waals surface area contributed by atoms with Crippen molar-refractivity contribution in [3.63, 3.8) is 0 Å². The van der Waals surface area contributed by atoms with Crippen LogP contribution in [0.15, 0.2) is 24.8 Å². The van der Waals surface area contributed by atoms with Crippen LogP contribution >= 0.6 is 0 Å². The van der Waals surface area contributed by atoms with E-state index in [1.54, 1.807) is 18.7 Å². The van der Waals surface area contributed by atoms with Crippen LogP contribution in [-0.2, 0) is 6.42 Å². The Morgan fingerprint density at radius 2 is 2.36 bits per heavy atom. The molecule has 0 spiro atoms. The van der Waals surface area contributed by atoms with Gasteiger partial charge in [-0.2, -0.15) is 0 Å². The monoisotopic (exact) mass is 188 g/mol. The van der Waals surface area contributed by atoms with Gasteiger partial charge in [0.25, 0.3) is 0 Å². The molecular formula is C10H12N4. The van der Waals surface area contributed by atoms with Gasteiger partial charge in [-0.3, -0.25) is 4.98 Å². The summed E-state index contributed by atoms with van der Waals surface area (Å²) in [7, 11) is 0. The number of pyridine rings is 1. The summed E-state index contributed by atoms with van der Waals surface area (Å²) >= 11 is 0. The molecule has 0 saturated heterocycles. The van der Waals surface area contributed by atoms with Crippen LogP contribution in [0.4, 0.5) is 5.69 Å². The molecule has 0 saturated carbocycles. The van der Waals surface area contributed by atoms with E-state index in [1.807, 2.05) is 13.0 Å². The van der Waals surface area contributed by atoms with Crippen molar-refractivity contribution in [3.05, 3.63) is 30.5 Å². The Hall–Kier alpha value is -1.84. The zero-order valence-electron chi connectivity index (χ0n) is 7.99. The Bertz CT molecular complexity index is 420. The highest BCUT2D eigenvalue weighted by Crippen LogP contribution is 2.25. The first kappa shape index (κ1) is 8.74. The van der Waals surface area contributed by atoms with Gasteiger partial charge in [-0.25, -0.2) is 4.98 Å². The minimum absolute atomic E-state index is 0.735. The van der Waals surface area contributed by atoms with Gasteiger partial charge in [0, 0.05) is 11.8 Å². The second-order valence-corrected chi connectivity index (χ2v) is 3.04. The number of nitrogens with two attached hydrogens (primary N) is 1.